The van der Waals surface area contributed by atoms with Crippen molar-refractivity contribution in [1.29, 1.82) is 0 Å². The van der Waals surface area contributed by atoms with Gasteiger partial charge < -0.3 is 9.64 Å². The number of thioether (sulfide) groups is 1. The van der Waals surface area contributed by atoms with E-state index in [0.717, 1.165) is 25.4 Å². The van der Waals surface area contributed by atoms with Gasteiger partial charge in [0.1, 0.15) is 5.78 Å². The van der Waals surface area contributed by atoms with Crippen LogP contribution < -0.4 is 0 Å². The van der Waals surface area contributed by atoms with Crippen LogP contribution in [0.1, 0.15) is 33.6 Å². The molecule has 0 aromatic carbocycles. The minimum atomic E-state index is -0.279. The molecule has 18 heavy (non-hydrogen) atoms. The summed E-state index contributed by atoms with van der Waals surface area (Å²) in [5, 5.41) is 0. The first-order valence-electron chi connectivity index (χ1n) is 6.61. The van der Waals surface area contributed by atoms with Crippen LogP contribution >= 0.6 is 11.8 Å². The third-order valence-corrected chi connectivity index (χ3v) is 3.62. The molecule has 4 nitrogen and oxygen atoms in total. The lowest BCUT2D eigenvalue weighted by atomic mass is 10.2. The van der Waals surface area contributed by atoms with E-state index in [1.165, 1.54) is 0 Å². The average molecular weight is 275 g/mol. The summed E-state index contributed by atoms with van der Waals surface area (Å²) < 4.78 is 4.77. The first-order valence-corrected chi connectivity index (χ1v) is 7.76. The zero-order chi connectivity index (χ0) is 13.8. The summed E-state index contributed by atoms with van der Waals surface area (Å²) in [5.74, 6) is 1.32. The zero-order valence-electron chi connectivity index (χ0n) is 11.7. The second-order valence-electron chi connectivity index (χ2n) is 3.92. The van der Waals surface area contributed by atoms with Crippen LogP contribution in [0.3, 0.4) is 0 Å². The van der Waals surface area contributed by atoms with Crippen molar-refractivity contribution < 1.29 is 14.3 Å². The first-order chi connectivity index (χ1) is 8.63. The molecule has 0 unspecified atom stereocenters. The van der Waals surface area contributed by atoms with Gasteiger partial charge in [0.2, 0.25) is 0 Å². The molecular formula is C13H25NO3S. The number of hydrogen-bond donors (Lipinski definition) is 0. The van der Waals surface area contributed by atoms with E-state index < -0.39 is 0 Å². The maximum Gasteiger partial charge on any atom is 0.306 e. The summed E-state index contributed by atoms with van der Waals surface area (Å²) in [7, 11) is 0. The number of esters is 1. The molecule has 0 radical (unpaired) electrons. The minimum Gasteiger partial charge on any atom is -0.466 e. The molecule has 0 bridgehead atoms. The topological polar surface area (TPSA) is 46.6 Å². The van der Waals surface area contributed by atoms with Gasteiger partial charge in [0.15, 0.2) is 0 Å². The van der Waals surface area contributed by atoms with Gasteiger partial charge in [-0.2, -0.15) is 11.8 Å². The quantitative estimate of drug-likeness (QED) is 0.426. The molecule has 0 aliphatic heterocycles. The number of carbonyl (C=O) groups is 2. The van der Waals surface area contributed by atoms with Gasteiger partial charge in [-0.3, -0.25) is 9.59 Å². The van der Waals surface area contributed by atoms with Gasteiger partial charge in [-0.05, 0) is 20.0 Å². The Labute approximate surface area is 114 Å². The SMILES string of the molecule is CCOC(=O)CCC(=O)CSCCN(CC)CC. The third kappa shape index (κ3) is 9.48. The lowest BCUT2D eigenvalue weighted by Gasteiger charge is -2.17. The lowest BCUT2D eigenvalue weighted by molar-refractivity contribution is -0.144. The van der Waals surface area contributed by atoms with Crippen molar-refractivity contribution in [1.82, 2.24) is 4.90 Å². The summed E-state index contributed by atoms with van der Waals surface area (Å²) in [6, 6.07) is 0. The normalized spacial score (nSPS) is 10.7. The Morgan fingerprint density at radius 1 is 1.11 bits per heavy atom. The number of rotatable bonds is 11. The highest BCUT2D eigenvalue weighted by Gasteiger charge is 2.08. The Bertz CT molecular complexity index is 242. The Kier molecular flexibility index (Phi) is 11.2. The van der Waals surface area contributed by atoms with Crippen molar-refractivity contribution in [2.24, 2.45) is 0 Å². The molecule has 106 valence electrons. The molecule has 0 atom stereocenters. The van der Waals surface area contributed by atoms with E-state index in [1.807, 2.05) is 0 Å². The van der Waals surface area contributed by atoms with E-state index >= 15 is 0 Å². The molecule has 0 amide bonds. The van der Waals surface area contributed by atoms with Crippen LogP contribution in [0, 0.1) is 0 Å². The van der Waals surface area contributed by atoms with Crippen LogP contribution in [0.15, 0.2) is 0 Å². The van der Waals surface area contributed by atoms with E-state index in [9.17, 15) is 9.59 Å². The average Bonchev–Trinajstić information content (AvgIpc) is 2.37. The molecule has 0 aliphatic rings. The molecule has 0 N–H and O–H groups in total. The van der Waals surface area contributed by atoms with Gasteiger partial charge in [0.05, 0.1) is 18.8 Å². The fourth-order valence-corrected chi connectivity index (χ4v) is 2.37. The van der Waals surface area contributed by atoms with E-state index in [4.69, 9.17) is 4.74 Å². The van der Waals surface area contributed by atoms with E-state index in [2.05, 4.69) is 18.7 Å². The van der Waals surface area contributed by atoms with Crippen molar-refractivity contribution in [3.8, 4) is 0 Å². The van der Waals surface area contributed by atoms with Gasteiger partial charge >= 0.3 is 5.97 Å². The Morgan fingerprint density at radius 3 is 2.33 bits per heavy atom. The Balaban J connectivity index is 3.50. The molecule has 0 saturated carbocycles. The van der Waals surface area contributed by atoms with Crippen molar-refractivity contribution in [2.75, 3.05) is 37.7 Å². The van der Waals surface area contributed by atoms with Gasteiger partial charge in [-0.25, -0.2) is 0 Å². The maximum atomic E-state index is 11.5. The second kappa shape index (κ2) is 11.5. The highest BCUT2D eigenvalue weighted by Crippen LogP contribution is 2.05. The summed E-state index contributed by atoms with van der Waals surface area (Å²) in [5.41, 5.74) is 0. The molecule has 5 heteroatoms. The van der Waals surface area contributed by atoms with Crippen LogP contribution in [0.4, 0.5) is 0 Å². The number of ketones is 1. The van der Waals surface area contributed by atoms with Crippen LogP contribution in [-0.4, -0.2) is 54.4 Å². The summed E-state index contributed by atoms with van der Waals surface area (Å²) in [4.78, 5) is 24.9. The van der Waals surface area contributed by atoms with E-state index in [0.29, 0.717) is 18.8 Å². The molecule has 0 heterocycles. The number of carbonyl (C=O) groups excluding carboxylic acids is 2. The number of nitrogens with zero attached hydrogens (tertiary/aromatic N) is 1. The van der Waals surface area contributed by atoms with E-state index in [1.54, 1.807) is 18.7 Å². The zero-order valence-corrected chi connectivity index (χ0v) is 12.6. The minimum absolute atomic E-state index is 0.132. The van der Waals surface area contributed by atoms with Gasteiger partial charge in [-0.15, -0.1) is 0 Å². The summed E-state index contributed by atoms with van der Waals surface area (Å²) in [6.45, 7) is 9.54. The van der Waals surface area contributed by atoms with Crippen LogP contribution in [0.2, 0.25) is 0 Å². The standard InChI is InChI=1S/C13H25NO3S/c1-4-14(5-2)9-10-18-11-12(15)7-8-13(16)17-6-3/h4-11H2,1-3H3. The predicted molar refractivity (Wildman–Crippen MR) is 76.0 cm³/mol. The van der Waals surface area contributed by atoms with Crippen LogP contribution in [0.5, 0.6) is 0 Å². The molecule has 0 aromatic rings. The Morgan fingerprint density at radius 2 is 1.78 bits per heavy atom. The molecule has 0 spiro atoms. The molecule has 0 aliphatic carbocycles. The summed E-state index contributed by atoms with van der Waals surface area (Å²) >= 11 is 1.64. The van der Waals surface area contributed by atoms with Crippen LogP contribution in [0.25, 0.3) is 0 Å². The van der Waals surface area contributed by atoms with Crippen molar-refractivity contribution in [3.63, 3.8) is 0 Å². The molecule has 0 rings (SSSR count). The maximum absolute atomic E-state index is 11.5. The van der Waals surface area contributed by atoms with Gasteiger partial charge in [0.25, 0.3) is 0 Å². The fraction of sp³-hybridized carbons (Fsp3) is 0.846. The van der Waals surface area contributed by atoms with Crippen molar-refractivity contribution in [2.45, 2.75) is 33.6 Å². The largest absolute Gasteiger partial charge is 0.466 e. The van der Waals surface area contributed by atoms with Gasteiger partial charge in [0, 0.05) is 18.7 Å². The molecule has 0 saturated heterocycles. The number of ether oxygens (including phenoxy) is 1. The third-order valence-electron chi connectivity index (χ3n) is 2.62. The molecule has 0 fully saturated rings. The lowest BCUT2D eigenvalue weighted by Crippen LogP contribution is -2.25. The first kappa shape index (κ1) is 17.4. The Hall–Kier alpha value is -0.550. The highest BCUT2D eigenvalue weighted by molar-refractivity contribution is 7.99. The van der Waals surface area contributed by atoms with Gasteiger partial charge in [-0.1, -0.05) is 13.8 Å². The highest BCUT2D eigenvalue weighted by atomic mass is 32.2. The van der Waals surface area contributed by atoms with Crippen molar-refractivity contribution >= 4 is 23.5 Å². The molecule has 0 aromatic heterocycles. The van der Waals surface area contributed by atoms with Crippen molar-refractivity contribution in [3.05, 3.63) is 0 Å². The summed E-state index contributed by atoms with van der Waals surface area (Å²) in [6.07, 6.45) is 0.514. The van der Waals surface area contributed by atoms with E-state index in [-0.39, 0.29) is 18.2 Å². The van der Waals surface area contributed by atoms with Crippen LogP contribution in [-0.2, 0) is 14.3 Å². The second-order valence-corrected chi connectivity index (χ2v) is 5.03. The predicted octanol–water partition coefficient (Wildman–Crippen LogP) is 1.97. The molecular weight excluding hydrogens is 250 g/mol. The smallest absolute Gasteiger partial charge is 0.306 e. The fourth-order valence-electron chi connectivity index (χ4n) is 1.47. The number of Topliss-reactive ketones (excluding diaryl/α,β-unsaturated/α-hetero) is 1. The monoisotopic (exact) mass is 275 g/mol. The number of hydrogen-bond acceptors (Lipinski definition) is 5.